The van der Waals surface area contributed by atoms with Gasteiger partial charge in [0.25, 0.3) is 5.91 Å². The van der Waals surface area contributed by atoms with E-state index in [0.29, 0.717) is 0 Å². The molecule has 1 aromatic rings. The number of benzene rings is 1. The fraction of sp³-hybridized carbons (Fsp3) is 0.556. The largest absolute Gasteiger partial charge is 0.303 e. The van der Waals surface area contributed by atoms with Gasteiger partial charge in [0.15, 0.2) is 5.11 Å². The summed E-state index contributed by atoms with van der Waals surface area (Å²) in [5.41, 5.74) is 0.597. The topological polar surface area (TPSA) is 23.6 Å². The summed E-state index contributed by atoms with van der Waals surface area (Å²) in [6.45, 7) is 2.17. The molecule has 3 fully saturated rings. The minimum absolute atomic E-state index is 0.0395. The summed E-state index contributed by atoms with van der Waals surface area (Å²) in [6.07, 6.45) is 7.43. The molecule has 2 aliphatic carbocycles. The molecule has 0 atom stereocenters. The third-order valence-corrected chi connectivity index (χ3v) is 5.99. The summed E-state index contributed by atoms with van der Waals surface area (Å²) < 4.78 is 0. The van der Waals surface area contributed by atoms with Crippen molar-refractivity contribution in [1.29, 1.82) is 0 Å². The van der Waals surface area contributed by atoms with Crippen LogP contribution in [-0.4, -0.2) is 27.0 Å². The minimum Gasteiger partial charge on any atom is -0.303 e. The lowest BCUT2D eigenvalue weighted by Gasteiger charge is -2.39. The van der Waals surface area contributed by atoms with Crippen LogP contribution >= 0.6 is 12.2 Å². The summed E-state index contributed by atoms with van der Waals surface area (Å²) in [7, 11) is 0. The summed E-state index contributed by atoms with van der Waals surface area (Å²) in [6, 6.07) is 10.2. The van der Waals surface area contributed by atoms with E-state index in [-0.39, 0.29) is 11.4 Å². The molecule has 1 aromatic carbocycles. The average Bonchev–Trinajstić information content (AvgIpc) is 3.23. The Morgan fingerprint density at radius 1 is 0.955 bits per heavy atom. The highest BCUT2D eigenvalue weighted by molar-refractivity contribution is 7.80. The second-order valence-corrected chi connectivity index (χ2v) is 7.55. The zero-order chi connectivity index (χ0) is 15.4. The van der Waals surface area contributed by atoms with Crippen molar-refractivity contribution < 1.29 is 4.79 Å². The number of hydrogen-bond acceptors (Lipinski definition) is 2. The number of para-hydroxylation sites is 1. The van der Waals surface area contributed by atoms with Crippen LogP contribution < -0.4 is 4.90 Å². The molecule has 0 unspecified atom stereocenters. The quantitative estimate of drug-likeness (QED) is 0.774. The maximum atomic E-state index is 13.4. The summed E-state index contributed by atoms with van der Waals surface area (Å²) in [5, 5.41) is 0.720. The first kappa shape index (κ1) is 14.2. The highest BCUT2D eigenvalue weighted by atomic mass is 32.1. The Morgan fingerprint density at radius 3 is 2.18 bits per heavy atom. The van der Waals surface area contributed by atoms with E-state index in [1.165, 1.54) is 6.42 Å². The number of amides is 1. The molecule has 22 heavy (non-hydrogen) atoms. The van der Waals surface area contributed by atoms with Crippen molar-refractivity contribution in [3.05, 3.63) is 30.3 Å². The minimum atomic E-state index is -0.428. The molecule has 1 amide bonds. The molecule has 1 saturated heterocycles. The molecule has 116 valence electrons. The van der Waals surface area contributed by atoms with Gasteiger partial charge in [-0.15, -0.1) is 0 Å². The number of rotatable bonds is 2. The molecule has 1 heterocycles. The molecule has 0 bridgehead atoms. The van der Waals surface area contributed by atoms with E-state index in [9.17, 15) is 4.79 Å². The Labute approximate surface area is 137 Å². The second-order valence-electron chi connectivity index (χ2n) is 7.18. The lowest BCUT2D eigenvalue weighted by Crippen LogP contribution is -2.51. The molecular weight excluding hydrogens is 292 g/mol. The number of anilines is 1. The van der Waals surface area contributed by atoms with Crippen LogP contribution in [0.4, 0.5) is 5.69 Å². The van der Waals surface area contributed by atoms with E-state index in [4.69, 9.17) is 12.2 Å². The number of nitrogens with zero attached hydrogens (tertiary/aromatic N) is 2. The van der Waals surface area contributed by atoms with Crippen molar-refractivity contribution in [2.45, 2.75) is 62.9 Å². The third-order valence-electron chi connectivity index (χ3n) is 5.62. The van der Waals surface area contributed by atoms with Gasteiger partial charge in [-0.05, 0) is 57.0 Å². The van der Waals surface area contributed by atoms with Crippen LogP contribution in [0.15, 0.2) is 30.3 Å². The maximum absolute atomic E-state index is 13.4. The fourth-order valence-electron chi connectivity index (χ4n) is 4.06. The van der Waals surface area contributed by atoms with Gasteiger partial charge >= 0.3 is 0 Å². The fourth-order valence-corrected chi connectivity index (χ4v) is 4.65. The first-order valence-corrected chi connectivity index (χ1v) is 8.73. The Balaban J connectivity index is 1.82. The highest BCUT2D eigenvalue weighted by Gasteiger charge is 2.62. The van der Waals surface area contributed by atoms with Crippen molar-refractivity contribution >= 4 is 28.9 Å². The first-order chi connectivity index (χ1) is 10.6. The van der Waals surface area contributed by atoms with E-state index >= 15 is 0 Å². The normalized spacial score (nSPS) is 25.9. The van der Waals surface area contributed by atoms with Crippen LogP contribution in [0.3, 0.4) is 0 Å². The smallest absolute Gasteiger partial charge is 0.255 e. The standard InChI is InChI=1S/C18H22N2OS/c1-17(12-13-17)20-15(21)18(10-6-3-7-11-18)19(16(20)22)14-8-4-2-5-9-14/h2,4-5,8-9H,3,6-7,10-13H2,1H3. The predicted molar refractivity (Wildman–Crippen MR) is 91.8 cm³/mol. The number of thiocarbonyl (C=S) groups is 1. The summed E-state index contributed by atoms with van der Waals surface area (Å²) in [5.74, 6) is 0.251. The number of carbonyl (C=O) groups is 1. The predicted octanol–water partition coefficient (Wildman–Crippen LogP) is 3.88. The molecule has 3 aliphatic rings. The van der Waals surface area contributed by atoms with Crippen LogP contribution in [-0.2, 0) is 4.79 Å². The summed E-state index contributed by atoms with van der Waals surface area (Å²) >= 11 is 5.79. The van der Waals surface area contributed by atoms with Gasteiger partial charge < -0.3 is 4.90 Å². The monoisotopic (exact) mass is 314 g/mol. The molecule has 4 rings (SSSR count). The SMILES string of the molecule is CC1(N2C(=O)C3(CCCCC3)N(c3ccccc3)C2=S)CC1. The lowest BCUT2D eigenvalue weighted by atomic mass is 9.80. The van der Waals surface area contributed by atoms with E-state index in [1.807, 2.05) is 23.1 Å². The van der Waals surface area contributed by atoms with Crippen molar-refractivity contribution in [2.24, 2.45) is 0 Å². The summed E-state index contributed by atoms with van der Waals surface area (Å²) in [4.78, 5) is 17.5. The molecule has 3 nitrogen and oxygen atoms in total. The molecule has 0 radical (unpaired) electrons. The third kappa shape index (κ3) is 1.86. The molecule has 0 aromatic heterocycles. The number of hydrogen-bond donors (Lipinski definition) is 0. The Bertz CT molecular complexity index is 617. The Kier molecular flexibility index (Phi) is 3.09. The van der Waals surface area contributed by atoms with Crippen LogP contribution in [0, 0.1) is 0 Å². The van der Waals surface area contributed by atoms with Crippen molar-refractivity contribution in [3.63, 3.8) is 0 Å². The highest BCUT2D eigenvalue weighted by Crippen LogP contribution is 2.50. The van der Waals surface area contributed by atoms with Crippen LogP contribution in [0.5, 0.6) is 0 Å². The zero-order valence-electron chi connectivity index (χ0n) is 13.0. The van der Waals surface area contributed by atoms with Crippen LogP contribution in [0.25, 0.3) is 0 Å². The first-order valence-electron chi connectivity index (χ1n) is 8.32. The van der Waals surface area contributed by atoms with Crippen LogP contribution in [0.2, 0.25) is 0 Å². The molecule has 2 saturated carbocycles. The maximum Gasteiger partial charge on any atom is 0.255 e. The van der Waals surface area contributed by atoms with E-state index in [0.717, 1.165) is 49.3 Å². The van der Waals surface area contributed by atoms with E-state index in [2.05, 4.69) is 24.0 Å². The van der Waals surface area contributed by atoms with E-state index in [1.54, 1.807) is 0 Å². The van der Waals surface area contributed by atoms with Crippen molar-refractivity contribution in [2.75, 3.05) is 4.90 Å². The van der Waals surface area contributed by atoms with Gasteiger partial charge in [0.2, 0.25) is 0 Å². The van der Waals surface area contributed by atoms with Crippen molar-refractivity contribution in [3.8, 4) is 0 Å². The van der Waals surface area contributed by atoms with Crippen LogP contribution in [0.1, 0.15) is 51.9 Å². The van der Waals surface area contributed by atoms with Gasteiger partial charge in [-0.2, -0.15) is 0 Å². The second kappa shape index (κ2) is 4.79. The van der Waals surface area contributed by atoms with Gasteiger partial charge in [0.05, 0.1) is 0 Å². The van der Waals surface area contributed by atoms with Gasteiger partial charge in [-0.25, -0.2) is 0 Å². The Morgan fingerprint density at radius 2 is 1.59 bits per heavy atom. The van der Waals surface area contributed by atoms with Gasteiger partial charge in [0.1, 0.15) is 5.54 Å². The number of carbonyl (C=O) groups excluding carboxylic acids is 1. The Hall–Kier alpha value is -1.42. The molecule has 4 heteroatoms. The zero-order valence-corrected chi connectivity index (χ0v) is 13.9. The average molecular weight is 314 g/mol. The van der Waals surface area contributed by atoms with Gasteiger partial charge in [-0.1, -0.05) is 37.5 Å². The van der Waals surface area contributed by atoms with Gasteiger partial charge in [-0.3, -0.25) is 9.69 Å². The van der Waals surface area contributed by atoms with Crippen molar-refractivity contribution in [1.82, 2.24) is 4.90 Å². The molecule has 1 spiro atoms. The molecular formula is C18H22N2OS. The molecule has 0 N–H and O–H groups in total. The van der Waals surface area contributed by atoms with E-state index < -0.39 is 5.54 Å². The molecule has 1 aliphatic heterocycles. The lowest BCUT2D eigenvalue weighted by molar-refractivity contribution is -0.133. The van der Waals surface area contributed by atoms with Gasteiger partial charge in [0, 0.05) is 11.2 Å².